The standard InChI is InChI=1S/C24H36N2O4/c27-22(28)14-8-9-15-25-23(29)20-16-19-12-6-1-2-7-13-21(19)26(24(20)30)17-18-10-4-3-5-11-18/h16,18H,1-15,17H2,(H,25,29)(H,27,28). The zero-order valence-corrected chi connectivity index (χ0v) is 18.1. The van der Waals surface area contributed by atoms with E-state index < -0.39 is 5.97 Å². The molecule has 6 nitrogen and oxygen atoms in total. The van der Waals surface area contributed by atoms with Gasteiger partial charge in [0.05, 0.1) is 0 Å². The number of pyridine rings is 1. The molecule has 1 saturated carbocycles. The van der Waals surface area contributed by atoms with E-state index >= 15 is 0 Å². The van der Waals surface area contributed by atoms with E-state index in [0.717, 1.165) is 37.9 Å². The van der Waals surface area contributed by atoms with Gasteiger partial charge in [-0.1, -0.05) is 32.1 Å². The molecule has 6 heteroatoms. The van der Waals surface area contributed by atoms with E-state index in [9.17, 15) is 14.4 Å². The smallest absolute Gasteiger partial charge is 0.303 e. The summed E-state index contributed by atoms with van der Waals surface area (Å²) in [5.41, 5.74) is 2.43. The molecule has 0 aliphatic heterocycles. The van der Waals surface area contributed by atoms with Gasteiger partial charge in [-0.05, 0) is 68.9 Å². The number of fused-ring (bicyclic) bond motifs is 1. The molecule has 1 aromatic rings. The Balaban J connectivity index is 1.80. The van der Waals surface area contributed by atoms with Crippen LogP contribution in [0, 0.1) is 5.92 Å². The number of rotatable bonds is 8. The van der Waals surface area contributed by atoms with Crippen molar-refractivity contribution in [3.8, 4) is 0 Å². The highest BCUT2D eigenvalue weighted by atomic mass is 16.4. The van der Waals surface area contributed by atoms with Crippen LogP contribution in [0.4, 0.5) is 0 Å². The van der Waals surface area contributed by atoms with Gasteiger partial charge in [0.1, 0.15) is 5.56 Å². The zero-order chi connectivity index (χ0) is 21.3. The number of hydrogen-bond donors (Lipinski definition) is 2. The number of aliphatic carboxylic acids is 1. The van der Waals surface area contributed by atoms with Gasteiger partial charge in [0.25, 0.3) is 11.5 Å². The van der Waals surface area contributed by atoms with Gasteiger partial charge < -0.3 is 15.0 Å². The monoisotopic (exact) mass is 416 g/mol. The Morgan fingerprint density at radius 1 is 1.00 bits per heavy atom. The molecule has 0 unspecified atom stereocenters. The number of carbonyl (C=O) groups excluding carboxylic acids is 1. The molecular formula is C24H36N2O4. The third-order valence-corrected chi connectivity index (χ3v) is 6.61. The molecule has 0 saturated heterocycles. The molecule has 166 valence electrons. The van der Waals surface area contributed by atoms with E-state index in [4.69, 9.17) is 5.11 Å². The maximum absolute atomic E-state index is 13.4. The predicted octanol–water partition coefficient (Wildman–Crippen LogP) is 4.07. The van der Waals surface area contributed by atoms with Crippen molar-refractivity contribution in [1.82, 2.24) is 9.88 Å². The molecule has 2 N–H and O–H groups in total. The average Bonchev–Trinajstić information content (AvgIpc) is 2.71. The molecule has 2 aliphatic rings. The first-order valence-corrected chi connectivity index (χ1v) is 11.8. The van der Waals surface area contributed by atoms with Gasteiger partial charge in [-0.15, -0.1) is 0 Å². The number of carboxylic acid groups (broad SMARTS) is 1. The summed E-state index contributed by atoms with van der Waals surface area (Å²) in [5.74, 6) is -0.619. The van der Waals surface area contributed by atoms with Crippen LogP contribution in [0.5, 0.6) is 0 Å². The lowest BCUT2D eigenvalue weighted by atomic mass is 9.88. The summed E-state index contributed by atoms with van der Waals surface area (Å²) in [6.07, 6.45) is 13.8. The minimum atomic E-state index is -0.825. The molecule has 1 amide bonds. The van der Waals surface area contributed by atoms with E-state index in [1.807, 2.05) is 10.6 Å². The number of aromatic nitrogens is 1. The zero-order valence-electron chi connectivity index (χ0n) is 18.1. The molecule has 1 fully saturated rings. The summed E-state index contributed by atoms with van der Waals surface area (Å²) in [6, 6.07) is 1.84. The van der Waals surface area contributed by atoms with Crippen molar-refractivity contribution >= 4 is 11.9 Å². The Labute approximate surface area is 179 Å². The van der Waals surface area contributed by atoms with Crippen molar-refractivity contribution in [1.29, 1.82) is 0 Å². The third-order valence-electron chi connectivity index (χ3n) is 6.61. The number of hydrogen-bond acceptors (Lipinski definition) is 3. The van der Waals surface area contributed by atoms with Crippen molar-refractivity contribution in [2.75, 3.05) is 6.54 Å². The summed E-state index contributed by atoms with van der Waals surface area (Å²) < 4.78 is 1.94. The highest BCUT2D eigenvalue weighted by Gasteiger charge is 2.23. The molecule has 30 heavy (non-hydrogen) atoms. The fraction of sp³-hybridized carbons (Fsp3) is 0.708. The first kappa shape index (κ1) is 22.6. The fourth-order valence-electron chi connectivity index (χ4n) is 4.92. The first-order valence-electron chi connectivity index (χ1n) is 11.8. The number of carbonyl (C=O) groups is 2. The summed E-state index contributed by atoms with van der Waals surface area (Å²) in [6.45, 7) is 1.13. The maximum atomic E-state index is 13.4. The number of amides is 1. The van der Waals surface area contributed by atoms with E-state index in [1.165, 1.54) is 50.5 Å². The number of nitrogens with zero attached hydrogens (tertiary/aromatic N) is 1. The third kappa shape index (κ3) is 6.19. The molecule has 3 rings (SSSR count). The van der Waals surface area contributed by atoms with Crippen LogP contribution in [0.3, 0.4) is 0 Å². The number of nitrogens with one attached hydrogen (secondary N) is 1. The molecule has 1 aromatic heterocycles. The molecule has 0 radical (unpaired) electrons. The lowest BCUT2D eigenvalue weighted by Gasteiger charge is -2.26. The Morgan fingerprint density at radius 2 is 1.70 bits per heavy atom. The van der Waals surface area contributed by atoms with Crippen molar-refractivity contribution in [2.45, 2.75) is 96.4 Å². The highest BCUT2D eigenvalue weighted by molar-refractivity contribution is 5.94. The first-order chi connectivity index (χ1) is 14.6. The second-order valence-corrected chi connectivity index (χ2v) is 8.97. The second kappa shape index (κ2) is 11.3. The summed E-state index contributed by atoms with van der Waals surface area (Å²) >= 11 is 0. The van der Waals surface area contributed by atoms with Crippen molar-refractivity contribution in [3.63, 3.8) is 0 Å². The maximum Gasteiger partial charge on any atom is 0.303 e. The normalized spacial score (nSPS) is 17.6. The minimum absolute atomic E-state index is 0.100. The second-order valence-electron chi connectivity index (χ2n) is 8.97. The van der Waals surface area contributed by atoms with Gasteiger partial charge in [-0.2, -0.15) is 0 Å². The summed E-state index contributed by atoms with van der Waals surface area (Å²) in [7, 11) is 0. The topological polar surface area (TPSA) is 88.4 Å². The van der Waals surface area contributed by atoms with Crippen molar-refractivity contribution in [2.24, 2.45) is 5.92 Å². The summed E-state index contributed by atoms with van der Waals surface area (Å²) in [5, 5.41) is 11.6. The Bertz CT molecular complexity index is 793. The van der Waals surface area contributed by atoms with Gasteiger partial charge in [0, 0.05) is 25.2 Å². The Kier molecular flexibility index (Phi) is 8.52. The van der Waals surface area contributed by atoms with Gasteiger partial charge in [0.2, 0.25) is 0 Å². The van der Waals surface area contributed by atoms with Crippen LogP contribution in [0.2, 0.25) is 0 Å². The molecule has 1 heterocycles. The molecule has 0 atom stereocenters. The van der Waals surface area contributed by atoms with Crippen molar-refractivity contribution < 1.29 is 14.7 Å². The fourth-order valence-corrected chi connectivity index (χ4v) is 4.92. The van der Waals surface area contributed by atoms with Crippen LogP contribution in [-0.2, 0) is 24.2 Å². The van der Waals surface area contributed by atoms with Crippen molar-refractivity contribution in [3.05, 3.63) is 33.2 Å². The van der Waals surface area contributed by atoms with Crippen LogP contribution in [-0.4, -0.2) is 28.1 Å². The highest BCUT2D eigenvalue weighted by Crippen LogP contribution is 2.27. The SMILES string of the molecule is O=C(O)CCCCNC(=O)c1cc2c(n(CC3CCCCC3)c1=O)CCCCCC2. The quantitative estimate of drug-likeness (QED) is 0.625. The number of unbranched alkanes of at least 4 members (excludes halogenated alkanes) is 1. The van der Waals surface area contributed by atoms with Crippen LogP contribution < -0.4 is 10.9 Å². The Morgan fingerprint density at radius 3 is 2.43 bits per heavy atom. The van der Waals surface area contributed by atoms with E-state index in [1.54, 1.807) is 0 Å². The van der Waals surface area contributed by atoms with Crippen LogP contribution in [0.25, 0.3) is 0 Å². The number of aryl methyl sites for hydroxylation is 1. The van der Waals surface area contributed by atoms with Crippen LogP contribution in [0.1, 0.15) is 98.7 Å². The number of carboxylic acids is 1. The lowest BCUT2D eigenvalue weighted by molar-refractivity contribution is -0.137. The van der Waals surface area contributed by atoms with Crippen LogP contribution >= 0.6 is 0 Å². The van der Waals surface area contributed by atoms with Gasteiger partial charge >= 0.3 is 5.97 Å². The Hall–Kier alpha value is -2.11. The molecule has 2 aliphatic carbocycles. The molecule has 0 bridgehead atoms. The van der Waals surface area contributed by atoms with Gasteiger partial charge in [-0.3, -0.25) is 14.4 Å². The lowest BCUT2D eigenvalue weighted by Crippen LogP contribution is -2.37. The molecule has 0 aromatic carbocycles. The predicted molar refractivity (Wildman–Crippen MR) is 117 cm³/mol. The van der Waals surface area contributed by atoms with E-state index in [2.05, 4.69) is 5.32 Å². The molecule has 0 spiro atoms. The van der Waals surface area contributed by atoms with Gasteiger partial charge in [-0.25, -0.2) is 0 Å². The van der Waals surface area contributed by atoms with Gasteiger partial charge in [0.15, 0.2) is 0 Å². The minimum Gasteiger partial charge on any atom is -0.481 e. The summed E-state index contributed by atoms with van der Waals surface area (Å²) in [4.78, 5) is 36.8. The molecular weight excluding hydrogens is 380 g/mol. The van der Waals surface area contributed by atoms with E-state index in [0.29, 0.717) is 25.3 Å². The van der Waals surface area contributed by atoms with E-state index in [-0.39, 0.29) is 23.5 Å². The average molecular weight is 417 g/mol. The largest absolute Gasteiger partial charge is 0.481 e. The van der Waals surface area contributed by atoms with Crippen LogP contribution in [0.15, 0.2) is 10.9 Å².